The molecule has 0 aliphatic rings. The zero-order valence-electron chi connectivity index (χ0n) is 10.3. The first-order valence-corrected chi connectivity index (χ1v) is 5.92. The highest BCUT2D eigenvalue weighted by atomic mass is 19.1. The second-order valence-electron chi connectivity index (χ2n) is 4.10. The number of rotatable bonds is 3. The average Bonchev–Trinajstić information content (AvgIpc) is 2.89. The number of pyridine rings is 2. The summed E-state index contributed by atoms with van der Waals surface area (Å²) in [6.07, 6.45) is 3.00. The van der Waals surface area contributed by atoms with Crippen LogP contribution in [0.25, 0.3) is 5.65 Å². The number of amides is 1. The van der Waals surface area contributed by atoms with Crippen LogP contribution in [-0.2, 0) is 6.54 Å². The van der Waals surface area contributed by atoms with Crippen LogP contribution in [-0.4, -0.2) is 25.5 Å². The number of nitrogens with zero attached hydrogens (tertiary/aromatic N) is 4. The van der Waals surface area contributed by atoms with Gasteiger partial charge in [0.05, 0.1) is 12.1 Å². The van der Waals surface area contributed by atoms with Gasteiger partial charge >= 0.3 is 0 Å². The van der Waals surface area contributed by atoms with Crippen molar-refractivity contribution < 1.29 is 9.18 Å². The molecule has 7 heteroatoms. The largest absolute Gasteiger partial charge is 0.345 e. The maximum absolute atomic E-state index is 12.7. The predicted molar refractivity (Wildman–Crippen MR) is 68.4 cm³/mol. The Bertz CT molecular complexity index is 753. The van der Waals surface area contributed by atoms with Crippen molar-refractivity contribution >= 4 is 11.6 Å². The van der Waals surface area contributed by atoms with E-state index in [4.69, 9.17) is 0 Å². The smallest absolute Gasteiger partial charge is 0.253 e. The molecule has 6 nitrogen and oxygen atoms in total. The minimum Gasteiger partial charge on any atom is -0.345 e. The molecule has 3 heterocycles. The van der Waals surface area contributed by atoms with Crippen LogP contribution in [0.5, 0.6) is 0 Å². The van der Waals surface area contributed by atoms with Crippen LogP contribution in [0.4, 0.5) is 4.39 Å². The Morgan fingerprint density at radius 1 is 1.25 bits per heavy atom. The summed E-state index contributed by atoms with van der Waals surface area (Å²) in [5.41, 5.74) is 1.00. The van der Waals surface area contributed by atoms with Gasteiger partial charge in [0.2, 0.25) is 5.95 Å². The monoisotopic (exact) mass is 271 g/mol. The Kier molecular flexibility index (Phi) is 3.08. The quantitative estimate of drug-likeness (QED) is 0.726. The van der Waals surface area contributed by atoms with E-state index < -0.39 is 5.95 Å². The van der Waals surface area contributed by atoms with E-state index in [-0.39, 0.29) is 12.5 Å². The minimum absolute atomic E-state index is 0.224. The summed E-state index contributed by atoms with van der Waals surface area (Å²) in [6, 6.07) is 8.05. The molecule has 0 radical (unpaired) electrons. The Hall–Kier alpha value is -2.83. The van der Waals surface area contributed by atoms with Gasteiger partial charge in [0.15, 0.2) is 11.5 Å². The van der Waals surface area contributed by atoms with Gasteiger partial charge in [-0.1, -0.05) is 6.07 Å². The van der Waals surface area contributed by atoms with E-state index >= 15 is 0 Å². The third kappa shape index (κ3) is 2.33. The van der Waals surface area contributed by atoms with Crippen molar-refractivity contribution in [3.63, 3.8) is 0 Å². The Balaban J connectivity index is 1.73. The van der Waals surface area contributed by atoms with Crippen molar-refractivity contribution in [3.05, 3.63) is 60.1 Å². The third-order valence-electron chi connectivity index (χ3n) is 2.78. The van der Waals surface area contributed by atoms with Crippen molar-refractivity contribution in [2.45, 2.75) is 6.54 Å². The predicted octanol–water partition coefficient (Wildman–Crippen LogP) is 1.19. The van der Waals surface area contributed by atoms with Crippen molar-refractivity contribution in [1.29, 1.82) is 0 Å². The summed E-state index contributed by atoms with van der Waals surface area (Å²) in [6.45, 7) is 0.224. The summed E-state index contributed by atoms with van der Waals surface area (Å²) in [7, 11) is 0. The van der Waals surface area contributed by atoms with Gasteiger partial charge in [-0.2, -0.15) is 4.39 Å². The van der Waals surface area contributed by atoms with E-state index in [1.165, 1.54) is 12.3 Å². The molecule has 0 spiro atoms. The lowest BCUT2D eigenvalue weighted by Gasteiger charge is -2.03. The molecule has 0 unspecified atom stereocenters. The molecule has 0 fully saturated rings. The number of carbonyl (C=O) groups is 1. The molecule has 0 aromatic carbocycles. The van der Waals surface area contributed by atoms with Crippen molar-refractivity contribution in [2.75, 3.05) is 0 Å². The molecular weight excluding hydrogens is 261 g/mol. The van der Waals surface area contributed by atoms with Crippen LogP contribution in [0.2, 0.25) is 0 Å². The van der Waals surface area contributed by atoms with Gasteiger partial charge in [0.1, 0.15) is 0 Å². The number of nitrogens with one attached hydrogen (secondary N) is 1. The second kappa shape index (κ2) is 5.04. The van der Waals surface area contributed by atoms with Crippen LogP contribution in [0, 0.1) is 5.95 Å². The summed E-state index contributed by atoms with van der Waals surface area (Å²) < 4.78 is 14.5. The number of halogens is 1. The molecule has 1 amide bonds. The summed E-state index contributed by atoms with van der Waals surface area (Å²) in [4.78, 5) is 15.3. The zero-order valence-corrected chi connectivity index (χ0v) is 10.3. The Labute approximate surface area is 113 Å². The fourth-order valence-corrected chi connectivity index (χ4v) is 1.78. The van der Waals surface area contributed by atoms with Gasteiger partial charge in [0, 0.05) is 12.4 Å². The number of hydrogen-bond acceptors (Lipinski definition) is 4. The first-order valence-electron chi connectivity index (χ1n) is 5.92. The minimum atomic E-state index is -0.620. The summed E-state index contributed by atoms with van der Waals surface area (Å²) in [5.74, 6) is -0.348. The van der Waals surface area contributed by atoms with E-state index in [2.05, 4.69) is 20.5 Å². The lowest BCUT2D eigenvalue weighted by atomic mass is 10.2. The zero-order chi connectivity index (χ0) is 13.9. The van der Waals surface area contributed by atoms with E-state index in [1.807, 2.05) is 24.4 Å². The third-order valence-corrected chi connectivity index (χ3v) is 2.78. The van der Waals surface area contributed by atoms with Gasteiger partial charge in [-0.15, -0.1) is 10.2 Å². The average molecular weight is 271 g/mol. The highest BCUT2D eigenvalue weighted by Gasteiger charge is 2.09. The van der Waals surface area contributed by atoms with Gasteiger partial charge in [-0.25, -0.2) is 4.98 Å². The maximum Gasteiger partial charge on any atom is 0.253 e. The van der Waals surface area contributed by atoms with Gasteiger partial charge in [-0.05, 0) is 24.3 Å². The second-order valence-corrected chi connectivity index (χ2v) is 4.10. The summed E-state index contributed by atoms with van der Waals surface area (Å²) in [5, 5.41) is 10.7. The van der Waals surface area contributed by atoms with Gasteiger partial charge in [0.25, 0.3) is 5.91 Å². The van der Waals surface area contributed by atoms with Crippen LogP contribution in [0.1, 0.15) is 16.2 Å². The highest BCUT2D eigenvalue weighted by Crippen LogP contribution is 2.03. The standard InChI is InChI=1S/C13H10FN5O/c14-10-5-4-9(7-15-10)13(20)16-8-12-18-17-11-3-1-2-6-19(11)12/h1-7H,8H2,(H,16,20). The van der Waals surface area contributed by atoms with Crippen LogP contribution in [0.3, 0.4) is 0 Å². The van der Waals surface area contributed by atoms with E-state index in [0.29, 0.717) is 17.0 Å². The molecule has 0 bridgehead atoms. The number of carbonyl (C=O) groups excluding carboxylic acids is 1. The molecule has 100 valence electrons. The van der Waals surface area contributed by atoms with Crippen molar-refractivity contribution in [1.82, 2.24) is 24.9 Å². The van der Waals surface area contributed by atoms with E-state index in [0.717, 1.165) is 6.07 Å². The molecule has 0 atom stereocenters. The molecule has 1 N–H and O–H groups in total. The van der Waals surface area contributed by atoms with Crippen LogP contribution >= 0.6 is 0 Å². The molecular formula is C13H10FN5O. The lowest BCUT2D eigenvalue weighted by Crippen LogP contribution is -2.24. The number of aromatic nitrogens is 4. The molecule has 0 saturated carbocycles. The highest BCUT2D eigenvalue weighted by molar-refractivity contribution is 5.93. The van der Waals surface area contributed by atoms with E-state index in [1.54, 1.807) is 4.40 Å². The fraction of sp³-hybridized carbons (Fsp3) is 0.0769. The fourth-order valence-electron chi connectivity index (χ4n) is 1.78. The van der Waals surface area contributed by atoms with Crippen molar-refractivity contribution in [3.8, 4) is 0 Å². The molecule has 3 aromatic rings. The molecule has 3 rings (SSSR count). The van der Waals surface area contributed by atoms with Gasteiger partial charge < -0.3 is 5.32 Å². The Morgan fingerprint density at radius 2 is 2.15 bits per heavy atom. The first kappa shape index (κ1) is 12.2. The number of fused-ring (bicyclic) bond motifs is 1. The molecule has 0 saturated heterocycles. The van der Waals surface area contributed by atoms with E-state index in [9.17, 15) is 9.18 Å². The SMILES string of the molecule is O=C(NCc1nnc2ccccn12)c1ccc(F)nc1. The summed E-state index contributed by atoms with van der Waals surface area (Å²) >= 11 is 0. The maximum atomic E-state index is 12.7. The van der Waals surface area contributed by atoms with Crippen molar-refractivity contribution in [2.24, 2.45) is 0 Å². The molecule has 0 aliphatic carbocycles. The molecule has 3 aromatic heterocycles. The van der Waals surface area contributed by atoms with Crippen LogP contribution in [0.15, 0.2) is 42.7 Å². The Morgan fingerprint density at radius 3 is 2.95 bits per heavy atom. The van der Waals surface area contributed by atoms with Crippen LogP contribution < -0.4 is 5.32 Å². The number of hydrogen-bond donors (Lipinski definition) is 1. The molecule has 20 heavy (non-hydrogen) atoms. The lowest BCUT2D eigenvalue weighted by molar-refractivity contribution is 0.0949. The molecule has 0 aliphatic heterocycles. The first-order chi connectivity index (χ1) is 9.74. The topological polar surface area (TPSA) is 72.2 Å². The van der Waals surface area contributed by atoms with Gasteiger partial charge in [-0.3, -0.25) is 9.20 Å². The normalized spacial score (nSPS) is 10.7.